The highest BCUT2D eigenvalue weighted by molar-refractivity contribution is 7.16. The number of carbonyl (C=O) groups excluding carboxylic acids is 2. The van der Waals surface area contributed by atoms with Crippen LogP contribution in [0.1, 0.15) is 22.4 Å². The van der Waals surface area contributed by atoms with E-state index in [2.05, 4.69) is 11.0 Å². The Kier molecular flexibility index (Phi) is 3.89. The van der Waals surface area contributed by atoms with Gasteiger partial charge in [0, 0.05) is 30.9 Å². The maximum Gasteiger partial charge on any atom is 0.311 e. The number of likely N-dealkylation sites (N-methyl/N-ethyl adjacent to an activating group) is 1. The van der Waals surface area contributed by atoms with Crippen molar-refractivity contribution in [2.75, 3.05) is 32.1 Å². The molecule has 1 atom stereocenters. The van der Waals surface area contributed by atoms with Gasteiger partial charge in [0.15, 0.2) is 0 Å². The van der Waals surface area contributed by atoms with Gasteiger partial charge in [-0.2, -0.15) is 5.26 Å². The number of fused-ring (bicyclic) bond motifs is 1. The summed E-state index contributed by atoms with van der Waals surface area (Å²) in [5, 5.41) is 10.2. The quantitative estimate of drug-likeness (QED) is 0.764. The number of esters is 1. The highest BCUT2D eigenvalue weighted by Gasteiger charge is 2.38. The Bertz CT molecular complexity index is 676. The molecule has 0 N–H and O–H groups in total. The van der Waals surface area contributed by atoms with E-state index in [-0.39, 0.29) is 18.3 Å². The lowest BCUT2D eigenvalue weighted by atomic mass is 10.0. The van der Waals surface area contributed by atoms with Gasteiger partial charge in [0.25, 0.3) is 0 Å². The van der Waals surface area contributed by atoms with Crippen LogP contribution in [0, 0.1) is 17.2 Å². The highest BCUT2D eigenvalue weighted by atomic mass is 32.1. The van der Waals surface area contributed by atoms with E-state index >= 15 is 0 Å². The van der Waals surface area contributed by atoms with Crippen LogP contribution in [0.3, 0.4) is 0 Å². The molecule has 0 bridgehead atoms. The normalized spacial score (nSPS) is 21.6. The summed E-state index contributed by atoms with van der Waals surface area (Å²) in [5.41, 5.74) is 1.67. The zero-order valence-electron chi connectivity index (χ0n) is 12.6. The number of carbonyl (C=O) groups is 2. The number of nitriles is 1. The minimum absolute atomic E-state index is 0.112. The highest BCUT2D eigenvalue weighted by Crippen LogP contribution is 2.40. The summed E-state index contributed by atoms with van der Waals surface area (Å²) in [6.07, 6.45) is 0.980. The van der Waals surface area contributed by atoms with Gasteiger partial charge in [-0.1, -0.05) is 0 Å². The molecule has 6 nitrogen and oxygen atoms in total. The largest absolute Gasteiger partial charge is 0.469 e. The lowest BCUT2D eigenvalue weighted by Crippen LogP contribution is -2.26. The number of methoxy groups -OCH3 is 1. The van der Waals surface area contributed by atoms with Gasteiger partial charge in [-0.05, 0) is 19.0 Å². The van der Waals surface area contributed by atoms with Crippen molar-refractivity contribution in [3.05, 3.63) is 16.0 Å². The molecular weight excluding hydrogens is 302 g/mol. The van der Waals surface area contributed by atoms with E-state index in [1.165, 1.54) is 18.4 Å². The molecule has 0 aliphatic carbocycles. The molecule has 116 valence electrons. The van der Waals surface area contributed by atoms with Gasteiger partial charge in [-0.15, -0.1) is 11.3 Å². The minimum Gasteiger partial charge on any atom is -0.469 e. The van der Waals surface area contributed by atoms with E-state index in [0.717, 1.165) is 30.0 Å². The Morgan fingerprint density at radius 3 is 2.95 bits per heavy atom. The number of thiophene rings is 1. The van der Waals surface area contributed by atoms with E-state index in [0.29, 0.717) is 17.1 Å². The summed E-state index contributed by atoms with van der Waals surface area (Å²) in [5.74, 6) is -0.917. The fourth-order valence-corrected chi connectivity index (χ4v) is 4.45. The second-order valence-electron chi connectivity index (χ2n) is 5.71. The summed E-state index contributed by atoms with van der Waals surface area (Å²) in [6.45, 7) is 2.02. The van der Waals surface area contributed by atoms with E-state index in [4.69, 9.17) is 4.74 Å². The Hall–Kier alpha value is -1.91. The van der Waals surface area contributed by atoms with Crippen LogP contribution in [0.2, 0.25) is 0 Å². The molecule has 1 unspecified atom stereocenters. The molecule has 2 aliphatic rings. The number of ether oxygens (including phenoxy) is 1. The van der Waals surface area contributed by atoms with Crippen molar-refractivity contribution in [1.82, 2.24) is 4.90 Å². The molecule has 0 radical (unpaired) electrons. The summed E-state index contributed by atoms with van der Waals surface area (Å²) in [4.78, 5) is 28.9. The smallest absolute Gasteiger partial charge is 0.311 e. The molecule has 1 amide bonds. The maximum absolute atomic E-state index is 12.3. The Labute approximate surface area is 132 Å². The van der Waals surface area contributed by atoms with E-state index in [1.54, 1.807) is 4.90 Å². The van der Waals surface area contributed by atoms with Gasteiger partial charge in [-0.25, -0.2) is 0 Å². The van der Waals surface area contributed by atoms with Gasteiger partial charge < -0.3 is 14.5 Å². The number of nitrogens with zero attached hydrogens (tertiary/aromatic N) is 3. The molecule has 2 aliphatic heterocycles. The van der Waals surface area contributed by atoms with E-state index in [1.807, 2.05) is 7.05 Å². The third-order valence-corrected chi connectivity index (χ3v) is 5.49. The van der Waals surface area contributed by atoms with Crippen LogP contribution >= 0.6 is 11.3 Å². The van der Waals surface area contributed by atoms with Crippen LogP contribution in [0.5, 0.6) is 0 Å². The van der Waals surface area contributed by atoms with Crippen LogP contribution in [0.15, 0.2) is 0 Å². The summed E-state index contributed by atoms with van der Waals surface area (Å²) < 4.78 is 4.73. The average Bonchev–Trinajstić information content (AvgIpc) is 3.05. The Morgan fingerprint density at radius 1 is 1.50 bits per heavy atom. The number of rotatable bonds is 2. The molecule has 3 heterocycles. The number of amides is 1. The van der Waals surface area contributed by atoms with Crippen LogP contribution in [-0.2, 0) is 27.3 Å². The summed E-state index contributed by atoms with van der Waals surface area (Å²) in [6, 6.07) is 2.26. The van der Waals surface area contributed by atoms with Crippen LogP contribution in [-0.4, -0.2) is 44.0 Å². The van der Waals surface area contributed by atoms with Gasteiger partial charge in [0.1, 0.15) is 11.1 Å². The van der Waals surface area contributed by atoms with Gasteiger partial charge in [0.2, 0.25) is 5.91 Å². The summed E-state index contributed by atoms with van der Waals surface area (Å²) in [7, 11) is 3.37. The first kappa shape index (κ1) is 15.0. The predicted octanol–water partition coefficient (Wildman–Crippen LogP) is 1.13. The van der Waals surface area contributed by atoms with Crippen molar-refractivity contribution >= 4 is 28.2 Å². The molecule has 3 rings (SSSR count). The number of hydrogen-bond donors (Lipinski definition) is 0. The Morgan fingerprint density at radius 2 is 2.27 bits per heavy atom. The average molecular weight is 319 g/mol. The zero-order valence-corrected chi connectivity index (χ0v) is 13.4. The molecule has 1 fully saturated rings. The fraction of sp³-hybridized carbons (Fsp3) is 0.533. The number of anilines is 1. The van der Waals surface area contributed by atoms with E-state index < -0.39 is 5.92 Å². The Balaban J connectivity index is 1.94. The van der Waals surface area contributed by atoms with Gasteiger partial charge in [-0.3, -0.25) is 9.59 Å². The van der Waals surface area contributed by atoms with Gasteiger partial charge >= 0.3 is 5.97 Å². The second kappa shape index (κ2) is 5.71. The maximum atomic E-state index is 12.3. The summed E-state index contributed by atoms with van der Waals surface area (Å²) >= 11 is 1.50. The van der Waals surface area contributed by atoms with Crippen LogP contribution in [0.25, 0.3) is 0 Å². The molecule has 0 saturated carbocycles. The van der Waals surface area contributed by atoms with Crippen molar-refractivity contribution in [2.45, 2.75) is 19.4 Å². The van der Waals surface area contributed by atoms with Crippen molar-refractivity contribution in [3.8, 4) is 6.07 Å². The van der Waals surface area contributed by atoms with Crippen LogP contribution < -0.4 is 4.90 Å². The minimum atomic E-state index is -0.439. The van der Waals surface area contributed by atoms with Crippen LogP contribution in [0.4, 0.5) is 5.00 Å². The third kappa shape index (κ3) is 2.38. The fourth-order valence-electron chi connectivity index (χ4n) is 3.05. The van der Waals surface area contributed by atoms with Crippen molar-refractivity contribution in [2.24, 2.45) is 5.92 Å². The standard InChI is InChI=1S/C15H17N3O3S/c1-17-4-3-10-11(6-16)14(22-12(10)8-17)18-7-9(5-13(18)19)15(20)21-2/h9H,3-5,7-8H2,1-2H3. The van der Waals surface area contributed by atoms with Gasteiger partial charge in [0.05, 0.1) is 18.6 Å². The first-order chi connectivity index (χ1) is 10.5. The molecular formula is C15H17N3O3S. The molecule has 7 heteroatoms. The lowest BCUT2D eigenvalue weighted by Gasteiger charge is -2.21. The molecule has 1 aromatic rings. The first-order valence-corrected chi connectivity index (χ1v) is 7.98. The van der Waals surface area contributed by atoms with Crippen molar-refractivity contribution in [3.63, 3.8) is 0 Å². The molecule has 0 spiro atoms. The molecule has 1 aromatic heterocycles. The van der Waals surface area contributed by atoms with Crippen molar-refractivity contribution < 1.29 is 14.3 Å². The number of hydrogen-bond acceptors (Lipinski definition) is 6. The second-order valence-corrected chi connectivity index (χ2v) is 6.80. The van der Waals surface area contributed by atoms with E-state index in [9.17, 15) is 14.9 Å². The monoisotopic (exact) mass is 319 g/mol. The zero-order chi connectivity index (χ0) is 15.9. The molecule has 22 heavy (non-hydrogen) atoms. The van der Waals surface area contributed by atoms with Crippen molar-refractivity contribution in [1.29, 1.82) is 5.26 Å². The third-order valence-electron chi connectivity index (χ3n) is 4.25. The molecule has 1 saturated heterocycles. The topological polar surface area (TPSA) is 73.6 Å². The lowest BCUT2D eigenvalue weighted by molar-refractivity contribution is -0.145. The first-order valence-electron chi connectivity index (χ1n) is 7.16. The SMILES string of the molecule is COC(=O)C1CC(=O)N(c2sc3c(c2C#N)CCN(C)C3)C1. The molecule has 0 aromatic carbocycles. The predicted molar refractivity (Wildman–Crippen MR) is 81.5 cm³/mol.